The Hall–Kier alpha value is -1.14. The molecule has 4 nitrogen and oxygen atoms in total. The lowest BCUT2D eigenvalue weighted by Crippen LogP contribution is -2.22. The zero-order valence-corrected chi connectivity index (χ0v) is 14.5. The minimum absolute atomic E-state index is 0.0541. The zero-order valence-electron chi connectivity index (χ0n) is 12.9. The fourth-order valence-electron chi connectivity index (χ4n) is 2.18. The summed E-state index contributed by atoms with van der Waals surface area (Å²) in [5, 5.41) is 1.52. The van der Waals surface area contributed by atoms with E-state index in [0.29, 0.717) is 13.0 Å². The van der Waals surface area contributed by atoms with Gasteiger partial charge in [-0.2, -0.15) is 0 Å². The molecular formula is C15H20N2O2S2. The van der Waals surface area contributed by atoms with Crippen LogP contribution >= 0.6 is 23.1 Å². The maximum atomic E-state index is 12.6. The number of carbonyl (C=O) groups excluding carboxylic acids is 1. The van der Waals surface area contributed by atoms with Gasteiger partial charge in [-0.3, -0.25) is 9.36 Å². The van der Waals surface area contributed by atoms with Crippen molar-refractivity contribution in [2.45, 2.75) is 52.2 Å². The van der Waals surface area contributed by atoms with Gasteiger partial charge in [0, 0.05) is 23.6 Å². The van der Waals surface area contributed by atoms with Crippen molar-refractivity contribution >= 4 is 39.1 Å². The number of hydrogen-bond acceptors (Lipinski definition) is 5. The Bertz CT molecular complexity index is 731. The second kappa shape index (κ2) is 6.75. The lowest BCUT2D eigenvalue weighted by atomic mass is 10.2. The van der Waals surface area contributed by atoms with Crippen molar-refractivity contribution in [2.75, 3.05) is 5.75 Å². The summed E-state index contributed by atoms with van der Waals surface area (Å²) in [7, 11) is 0. The van der Waals surface area contributed by atoms with Crippen molar-refractivity contribution in [3.05, 3.63) is 20.8 Å². The number of rotatable bonds is 6. The van der Waals surface area contributed by atoms with E-state index in [1.165, 1.54) is 0 Å². The van der Waals surface area contributed by atoms with Crippen molar-refractivity contribution in [2.24, 2.45) is 0 Å². The fourth-order valence-corrected chi connectivity index (χ4v) is 4.25. The molecule has 0 saturated carbocycles. The molecule has 0 spiro atoms. The first-order valence-electron chi connectivity index (χ1n) is 7.08. The topological polar surface area (TPSA) is 52.0 Å². The maximum absolute atomic E-state index is 12.6. The Morgan fingerprint density at radius 2 is 2.10 bits per heavy atom. The number of fused-ring (bicyclic) bond motifs is 1. The van der Waals surface area contributed by atoms with Crippen LogP contribution < -0.4 is 5.56 Å². The highest BCUT2D eigenvalue weighted by Gasteiger charge is 2.15. The van der Waals surface area contributed by atoms with E-state index in [1.807, 2.05) is 20.8 Å². The lowest BCUT2D eigenvalue weighted by Gasteiger charge is -2.09. The number of carbonyl (C=O) groups is 1. The van der Waals surface area contributed by atoms with Gasteiger partial charge in [-0.05, 0) is 39.7 Å². The molecule has 114 valence electrons. The van der Waals surface area contributed by atoms with Crippen molar-refractivity contribution < 1.29 is 4.79 Å². The molecule has 2 aromatic heterocycles. The second-order valence-electron chi connectivity index (χ2n) is 5.06. The molecule has 0 aliphatic carbocycles. The van der Waals surface area contributed by atoms with Gasteiger partial charge in [0.15, 0.2) is 5.16 Å². The summed E-state index contributed by atoms with van der Waals surface area (Å²) in [4.78, 5) is 30.2. The number of hydrogen-bond donors (Lipinski definition) is 0. The number of Topliss-reactive ketones (excluding diaryl/α,β-unsaturated/α-hetero) is 1. The Kier molecular flexibility index (Phi) is 5.22. The van der Waals surface area contributed by atoms with Crippen molar-refractivity contribution in [1.82, 2.24) is 9.55 Å². The Labute approximate surface area is 132 Å². The van der Waals surface area contributed by atoms with E-state index in [0.717, 1.165) is 38.0 Å². The number of aryl methyl sites for hydroxylation is 2. The van der Waals surface area contributed by atoms with Gasteiger partial charge >= 0.3 is 0 Å². The molecule has 0 saturated heterocycles. The molecule has 0 fully saturated rings. The summed E-state index contributed by atoms with van der Waals surface area (Å²) in [5.41, 5.74) is 1.10. The number of ketones is 1. The highest BCUT2D eigenvalue weighted by molar-refractivity contribution is 7.99. The summed E-state index contributed by atoms with van der Waals surface area (Å²) >= 11 is 3.14. The number of aromatic nitrogens is 2. The van der Waals surface area contributed by atoms with E-state index in [2.05, 4.69) is 4.98 Å². The third kappa shape index (κ3) is 3.37. The lowest BCUT2D eigenvalue weighted by molar-refractivity contribution is -0.117. The second-order valence-corrected chi connectivity index (χ2v) is 7.33. The smallest absolute Gasteiger partial charge is 0.263 e. The molecule has 0 N–H and O–H groups in total. The Morgan fingerprint density at radius 1 is 1.38 bits per heavy atom. The molecule has 0 aliphatic rings. The van der Waals surface area contributed by atoms with Gasteiger partial charge < -0.3 is 4.79 Å². The average molecular weight is 324 g/mol. The predicted molar refractivity (Wildman–Crippen MR) is 89.7 cm³/mol. The van der Waals surface area contributed by atoms with Crippen LogP contribution in [0.2, 0.25) is 0 Å². The summed E-state index contributed by atoms with van der Waals surface area (Å²) in [6, 6.07) is 0. The first-order valence-corrected chi connectivity index (χ1v) is 8.88. The average Bonchev–Trinajstić information content (AvgIpc) is 2.70. The van der Waals surface area contributed by atoms with Crippen LogP contribution in [0.25, 0.3) is 10.2 Å². The maximum Gasteiger partial charge on any atom is 0.263 e. The largest absolute Gasteiger partial charge is 0.300 e. The molecular weight excluding hydrogens is 304 g/mol. The normalized spacial score (nSPS) is 11.2. The Balaban J connectivity index is 2.35. The summed E-state index contributed by atoms with van der Waals surface area (Å²) < 4.78 is 1.74. The molecule has 6 heteroatoms. The summed E-state index contributed by atoms with van der Waals surface area (Å²) in [6.07, 6.45) is 1.41. The van der Waals surface area contributed by atoms with E-state index in [4.69, 9.17) is 0 Å². The molecule has 0 unspecified atom stereocenters. The molecule has 2 rings (SSSR count). The standard InChI is InChI=1S/C15H20N2O2S2/c1-5-17-14(19)12-10(3)11(4)21-13(12)16-15(17)20-8-6-7-9(2)18/h5-8H2,1-4H3. The number of thioether (sulfide) groups is 1. The molecule has 0 bridgehead atoms. The van der Waals surface area contributed by atoms with Crippen LogP contribution in [0.1, 0.15) is 37.1 Å². The first kappa shape index (κ1) is 16.2. The quantitative estimate of drug-likeness (QED) is 0.463. The van der Waals surface area contributed by atoms with Crippen LogP contribution in [0, 0.1) is 13.8 Å². The molecule has 2 aromatic rings. The van der Waals surface area contributed by atoms with Crippen LogP contribution in [0.5, 0.6) is 0 Å². The van der Waals surface area contributed by atoms with E-state index >= 15 is 0 Å². The molecule has 0 aromatic carbocycles. The van der Waals surface area contributed by atoms with Gasteiger partial charge in [0.05, 0.1) is 5.39 Å². The van der Waals surface area contributed by atoms with Crippen LogP contribution in [-0.2, 0) is 11.3 Å². The summed E-state index contributed by atoms with van der Waals surface area (Å²) in [6.45, 7) is 8.19. The van der Waals surface area contributed by atoms with Gasteiger partial charge in [0.2, 0.25) is 0 Å². The number of nitrogens with zero attached hydrogens (tertiary/aromatic N) is 2. The van der Waals surface area contributed by atoms with Crippen molar-refractivity contribution in [3.63, 3.8) is 0 Å². The SMILES string of the molecule is CCn1c(SCCCC(C)=O)nc2sc(C)c(C)c2c1=O. The van der Waals surface area contributed by atoms with Crippen molar-refractivity contribution in [1.29, 1.82) is 0 Å². The van der Waals surface area contributed by atoms with E-state index in [9.17, 15) is 9.59 Å². The van der Waals surface area contributed by atoms with E-state index in [1.54, 1.807) is 34.6 Å². The zero-order chi connectivity index (χ0) is 15.6. The van der Waals surface area contributed by atoms with Crippen LogP contribution in [0.3, 0.4) is 0 Å². The van der Waals surface area contributed by atoms with Gasteiger partial charge in [-0.15, -0.1) is 11.3 Å². The van der Waals surface area contributed by atoms with Gasteiger partial charge in [-0.1, -0.05) is 11.8 Å². The van der Waals surface area contributed by atoms with Crippen LogP contribution in [-0.4, -0.2) is 21.1 Å². The van der Waals surface area contributed by atoms with Gasteiger partial charge in [0.1, 0.15) is 10.6 Å². The first-order chi connectivity index (χ1) is 9.95. The molecule has 2 heterocycles. The Morgan fingerprint density at radius 3 is 2.71 bits per heavy atom. The molecule has 0 amide bonds. The molecule has 21 heavy (non-hydrogen) atoms. The fraction of sp³-hybridized carbons (Fsp3) is 0.533. The van der Waals surface area contributed by atoms with E-state index < -0.39 is 0 Å². The monoisotopic (exact) mass is 324 g/mol. The minimum atomic E-state index is 0.0541. The van der Waals surface area contributed by atoms with Crippen LogP contribution in [0.15, 0.2) is 9.95 Å². The highest BCUT2D eigenvalue weighted by atomic mass is 32.2. The number of thiophene rings is 1. The van der Waals surface area contributed by atoms with Gasteiger partial charge in [-0.25, -0.2) is 4.98 Å². The minimum Gasteiger partial charge on any atom is -0.300 e. The third-order valence-electron chi connectivity index (χ3n) is 3.47. The molecule has 0 atom stereocenters. The predicted octanol–water partition coefficient (Wildman–Crippen LogP) is 3.56. The van der Waals surface area contributed by atoms with Crippen molar-refractivity contribution in [3.8, 4) is 0 Å². The summed E-state index contributed by atoms with van der Waals surface area (Å²) in [5.74, 6) is 1.01. The van der Waals surface area contributed by atoms with Crippen LogP contribution in [0.4, 0.5) is 0 Å². The molecule has 0 aliphatic heterocycles. The molecule has 0 radical (unpaired) electrons. The van der Waals surface area contributed by atoms with E-state index in [-0.39, 0.29) is 11.3 Å². The van der Waals surface area contributed by atoms with Gasteiger partial charge in [0.25, 0.3) is 5.56 Å². The highest BCUT2D eigenvalue weighted by Crippen LogP contribution is 2.28. The third-order valence-corrected chi connectivity index (χ3v) is 5.64.